The molecule has 5 amide bonds. The number of nitrogens with one attached hydrogen (secondary N) is 4. The van der Waals surface area contributed by atoms with Crippen LogP contribution in [0, 0.1) is 0 Å². The molecule has 0 aromatic heterocycles. The first kappa shape index (κ1) is 12.7. The van der Waals surface area contributed by atoms with Gasteiger partial charge in [-0.05, 0) is 25.7 Å². The molecule has 2 saturated heterocycles. The lowest BCUT2D eigenvalue weighted by atomic mass is 10.3. The summed E-state index contributed by atoms with van der Waals surface area (Å²) in [6, 6.07) is -0.757. The lowest BCUT2D eigenvalue weighted by Crippen LogP contribution is -2.47. The largest absolute Gasteiger partial charge is 0.321 e. The Labute approximate surface area is 115 Å². The van der Waals surface area contributed by atoms with E-state index in [0.717, 1.165) is 31.4 Å². The SMILES string of the molecule is O=C(CN1C(=O)N[C@H]2NC(=O)N[C@@H]21)NN=C1CCCC1. The highest BCUT2D eigenvalue weighted by atomic mass is 16.2. The van der Waals surface area contributed by atoms with Gasteiger partial charge < -0.3 is 16.0 Å². The quantitative estimate of drug-likeness (QED) is 0.498. The Hall–Kier alpha value is -2.32. The fourth-order valence-electron chi connectivity index (χ4n) is 2.59. The van der Waals surface area contributed by atoms with Crippen LogP contribution in [0.5, 0.6) is 0 Å². The maximum absolute atomic E-state index is 11.8. The van der Waals surface area contributed by atoms with Gasteiger partial charge in [-0.25, -0.2) is 15.0 Å². The van der Waals surface area contributed by atoms with E-state index in [1.54, 1.807) is 0 Å². The number of carbonyl (C=O) groups excluding carboxylic acids is 3. The van der Waals surface area contributed by atoms with E-state index in [-0.39, 0.29) is 18.5 Å². The first-order valence-electron chi connectivity index (χ1n) is 6.62. The van der Waals surface area contributed by atoms with Crippen molar-refractivity contribution >= 4 is 23.7 Å². The molecule has 9 nitrogen and oxygen atoms in total. The molecule has 3 rings (SSSR count). The third-order valence-corrected chi connectivity index (χ3v) is 3.59. The Morgan fingerprint density at radius 3 is 2.75 bits per heavy atom. The van der Waals surface area contributed by atoms with Crippen molar-refractivity contribution in [1.29, 1.82) is 0 Å². The summed E-state index contributed by atoms with van der Waals surface area (Å²) in [5.74, 6) is -0.374. The van der Waals surface area contributed by atoms with Crippen molar-refractivity contribution in [3.05, 3.63) is 0 Å². The van der Waals surface area contributed by atoms with Crippen LogP contribution in [-0.4, -0.2) is 47.5 Å². The minimum atomic E-state index is -0.542. The topological polar surface area (TPSA) is 115 Å². The average molecular weight is 280 g/mol. The first-order valence-corrected chi connectivity index (χ1v) is 6.62. The zero-order valence-electron chi connectivity index (χ0n) is 10.8. The van der Waals surface area contributed by atoms with Crippen molar-refractivity contribution in [2.45, 2.75) is 38.0 Å². The Bertz CT molecular complexity index is 483. The van der Waals surface area contributed by atoms with Crippen LogP contribution in [0.15, 0.2) is 5.10 Å². The summed E-state index contributed by atoms with van der Waals surface area (Å²) in [6.07, 6.45) is 2.99. The molecule has 108 valence electrons. The van der Waals surface area contributed by atoms with Crippen molar-refractivity contribution in [3.8, 4) is 0 Å². The Morgan fingerprint density at radius 1 is 1.25 bits per heavy atom. The number of hydrazone groups is 1. The monoisotopic (exact) mass is 280 g/mol. The highest BCUT2D eigenvalue weighted by molar-refractivity contribution is 5.90. The summed E-state index contributed by atoms with van der Waals surface area (Å²) in [5.41, 5.74) is 3.44. The molecule has 4 N–H and O–H groups in total. The standard InChI is InChI=1S/C11H16N6O3/c18-7(16-15-6-3-1-2-4-6)5-17-9-8(13-11(17)20)12-10(19)14-9/h8-9H,1-5H2,(H,13,20)(H,16,18)(H2,12,14,19)/t8-,9-/m1/s1. The van der Waals surface area contributed by atoms with E-state index in [1.165, 1.54) is 4.90 Å². The zero-order chi connectivity index (χ0) is 14.1. The van der Waals surface area contributed by atoms with Crippen LogP contribution in [-0.2, 0) is 4.79 Å². The van der Waals surface area contributed by atoms with Gasteiger partial charge in [-0.1, -0.05) is 0 Å². The normalized spacial score (nSPS) is 27.8. The number of fused-ring (bicyclic) bond motifs is 1. The predicted molar refractivity (Wildman–Crippen MR) is 68.5 cm³/mol. The zero-order valence-corrected chi connectivity index (χ0v) is 10.8. The molecule has 0 unspecified atom stereocenters. The summed E-state index contributed by atoms with van der Waals surface area (Å²) >= 11 is 0. The minimum Gasteiger partial charge on any atom is -0.314 e. The molecular formula is C11H16N6O3. The van der Waals surface area contributed by atoms with E-state index in [1.807, 2.05) is 0 Å². The Morgan fingerprint density at radius 2 is 2.00 bits per heavy atom. The summed E-state index contributed by atoms with van der Waals surface area (Å²) < 4.78 is 0. The molecule has 2 heterocycles. The lowest BCUT2D eigenvalue weighted by molar-refractivity contribution is -0.121. The van der Waals surface area contributed by atoms with Gasteiger partial charge in [-0.2, -0.15) is 5.10 Å². The smallest absolute Gasteiger partial charge is 0.314 e. The maximum Gasteiger partial charge on any atom is 0.321 e. The molecule has 0 spiro atoms. The molecule has 20 heavy (non-hydrogen) atoms. The molecule has 3 fully saturated rings. The average Bonchev–Trinajstić information content (AvgIpc) is 3.07. The molecular weight excluding hydrogens is 264 g/mol. The maximum atomic E-state index is 11.8. The van der Waals surface area contributed by atoms with E-state index < -0.39 is 18.4 Å². The van der Waals surface area contributed by atoms with E-state index in [0.29, 0.717) is 0 Å². The second kappa shape index (κ2) is 4.99. The van der Waals surface area contributed by atoms with Gasteiger partial charge in [-0.3, -0.25) is 9.69 Å². The number of rotatable bonds is 3. The number of hydrogen-bond donors (Lipinski definition) is 4. The number of urea groups is 2. The fraction of sp³-hybridized carbons (Fsp3) is 0.636. The number of amides is 5. The van der Waals surface area contributed by atoms with E-state index in [9.17, 15) is 14.4 Å². The van der Waals surface area contributed by atoms with E-state index in [4.69, 9.17) is 0 Å². The minimum absolute atomic E-state index is 0.147. The van der Waals surface area contributed by atoms with Crippen LogP contribution < -0.4 is 21.4 Å². The third kappa shape index (κ3) is 2.38. The second-order valence-corrected chi connectivity index (χ2v) is 5.04. The summed E-state index contributed by atoms with van der Waals surface area (Å²) in [7, 11) is 0. The molecule has 1 saturated carbocycles. The highest BCUT2D eigenvalue weighted by Crippen LogP contribution is 2.14. The van der Waals surface area contributed by atoms with Crippen LogP contribution in [0.4, 0.5) is 9.59 Å². The Kier molecular flexibility index (Phi) is 3.17. The van der Waals surface area contributed by atoms with Gasteiger partial charge in [-0.15, -0.1) is 0 Å². The van der Waals surface area contributed by atoms with Crippen molar-refractivity contribution in [2.24, 2.45) is 5.10 Å². The molecule has 2 atom stereocenters. The van der Waals surface area contributed by atoms with Crippen molar-refractivity contribution in [3.63, 3.8) is 0 Å². The summed E-state index contributed by atoms with van der Waals surface area (Å²) in [4.78, 5) is 35.9. The predicted octanol–water partition coefficient (Wildman–Crippen LogP) is -0.977. The van der Waals surface area contributed by atoms with Crippen molar-refractivity contribution < 1.29 is 14.4 Å². The van der Waals surface area contributed by atoms with Gasteiger partial charge in [0.2, 0.25) is 0 Å². The molecule has 0 radical (unpaired) electrons. The van der Waals surface area contributed by atoms with Crippen molar-refractivity contribution in [1.82, 2.24) is 26.3 Å². The van der Waals surface area contributed by atoms with Crippen LogP contribution in [0.25, 0.3) is 0 Å². The molecule has 2 aliphatic heterocycles. The molecule has 0 aromatic rings. The number of carbonyl (C=O) groups is 3. The molecule has 1 aliphatic carbocycles. The van der Waals surface area contributed by atoms with Gasteiger partial charge in [0.05, 0.1) is 0 Å². The van der Waals surface area contributed by atoms with E-state index >= 15 is 0 Å². The number of hydrogen-bond acceptors (Lipinski definition) is 4. The van der Waals surface area contributed by atoms with Gasteiger partial charge in [0.25, 0.3) is 5.91 Å². The molecule has 3 aliphatic rings. The highest BCUT2D eigenvalue weighted by Gasteiger charge is 2.45. The van der Waals surface area contributed by atoms with Crippen LogP contribution in [0.1, 0.15) is 25.7 Å². The fourth-order valence-corrected chi connectivity index (χ4v) is 2.59. The van der Waals surface area contributed by atoms with Crippen molar-refractivity contribution in [2.75, 3.05) is 6.54 Å². The first-order chi connectivity index (χ1) is 9.63. The molecule has 9 heteroatoms. The second-order valence-electron chi connectivity index (χ2n) is 5.04. The summed E-state index contributed by atoms with van der Waals surface area (Å²) in [6.45, 7) is -0.147. The van der Waals surface area contributed by atoms with Crippen LogP contribution >= 0.6 is 0 Å². The molecule has 0 aromatic carbocycles. The Balaban J connectivity index is 1.56. The van der Waals surface area contributed by atoms with Gasteiger partial charge in [0.15, 0.2) is 0 Å². The van der Waals surface area contributed by atoms with Gasteiger partial charge in [0, 0.05) is 5.71 Å². The summed E-state index contributed by atoms with van der Waals surface area (Å²) in [5, 5.41) is 11.7. The van der Waals surface area contributed by atoms with E-state index in [2.05, 4.69) is 26.5 Å². The van der Waals surface area contributed by atoms with Gasteiger partial charge >= 0.3 is 12.1 Å². The lowest BCUT2D eigenvalue weighted by Gasteiger charge is -2.19. The van der Waals surface area contributed by atoms with Gasteiger partial charge in [0.1, 0.15) is 18.9 Å². The third-order valence-electron chi connectivity index (χ3n) is 3.59. The number of nitrogens with zero attached hydrogens (tertiary/aromatic N) is 2. The van der Waals surface area contributed by atoms with Crippen LogP contribution in [0.2, 0.25) is 0 Å². The van der Waals surface area contributed by atoms with Crippen LogP contribution in [0.3, 0.4) is 0 Å². The molecule has 0 bridgehead atoms.